The molecule has 1 aliphatic heterocycles. The first-order valence-electron chi connectivity index (χ1n) is 7.58. The molecule has 0 atom stereocenters. The zero-order valence-electron chi connectivity index (χ0n) is 13.3. The number of amides is 1. The van der Waals surface area contributed by atoms with Crippen molar-refractivity contribution in [2.45, 2.75) is 19.3 Å². The van der Waals surface area contributed by atoms with E-state index in [1.807, 2.05) is 38.1 Å². The minimum Gasteiger partial charge on any atom is -0.301 e. The smallest absolute Gasteiger partial charge is 0.242 e. The van der Waals surface area contributed by atoms with Crippen LogP contribution in [0.25, 0.3) is 5.69 Å². The lowest BCUT2D eigenvalue weighted by Gasteiger charge is -2.18. The summed E-state index contributed by atoms with van der Waals surface area (Å²) in [6.07, 6.45) is 5.80. The molecule has 0 aliphatic carbocycles. The minimum atomic E-state index is -0.623. The van der Waals surface area contributed by atoms with E-state index in [4.69, 9.17) is 0 Å². The third kappa shape index (κ3) is 1.96. The number of hydrogen-bond acceptors (Lipinski definition) is 3. The van der Waals surface area contributed by atoms with Gasteiger partial charge in [0.1, 0.15) is 6.33 Å². The Bertz CT molecular complexity index is 947. The van der Waals surface area contributed by atoms with Crippen molar-refractivity contribution in [1.82, 2.24) is 14.5 Å². The van der Waals surface area contributed by atoms with E-state index in [1.165, 1.54) is 12.5 Å². The van der Waals surface area contributed by atoms with Gasteiger partial charge in [0.2, 0.25) is 5.91 Å². The summed E-state index contributed by atoms with van der Waals surface area (Å²) >= 11 is 0. The van der Waals surface area contributed by atoms with Crippen molar-refractivity contribution < 1.29 is 9.18 Å². The summed E-state index contributed by atoms with van der Waals surface area (Å²) in [5.74, 6) is -0.0340. The highest BCUT2D eigenvalue weighted by Gasteiger charge is 2.45. The standard InChI is InChI=1S/C18H15FN4O/c1-18(2)12-5-3-4-6-14(12)23(17(18)24)16-10-22(11-21-16)15-7-8-20-9-13(15)19/h3-11H,1-2H3. The number of nitrogens with zero attached hydrogens (tertiary/aromatic N) is 4. The maximum atomic E-state index is 13.9. The van der Waals surface area contributed by atoms with Gasteiger partial charge in [0.15, 0.2) is 11.6 Å². The van der Waals surface area contributed by atoms with Crippen molar-refractivity contribution in [2.24, 2.45) is 0 Å². The second kappa shape index (κ2) is 4.99. The van der Waals surface area contributed by atoms with E-state index >= 15 is 0 Å². The van der Waals surface area contributed by atoms with Crippen LogP contribution >= 0.6 is 0 Å². The summed E-state index contributed by atoms with van der Waals surface area (Å²) in [6.45, 7) is 3.79. The van der Waals surface area contributed by atoms with Gasteiger partial charge in [-0.2, -0.15) is 0 Å². The SMILES string of the molecule is CC1(C)C(=O)N(c2cn(-c3ccncc3F)cn2)c2ccccc21. The van der Waals surface area contributed by atoms with E-state index in [-0.39, 0.29) is 5.91 Å². The van der Waals surface area contributed by atoms with Gasteiger partial charge in [0.05, 0.1) is 29.2 Å². The highest BCUT2D eigenvalue weighted by Crippen LogP contribution is 2.44. The molecule has 1 amide bonds. The fourth-order valence-electron chi connectivity index (χ4n) is 3.07. The Labute approximate surface area is 138 Å². The Kier molecular flexibility index (Phi) is 3.03. The number of carbonyl (C=O) groups excluding carboxylic acids is 1. The average molecular weight is 322 g/mol. The largest absolute Gasteiger partial charge is 0.301 e. The van der Waals surface area contributed by atoms with Crippen LogP contribution in [0, 0.1) is 5.82 Å². The second-order valence-corrected chi connectivity index (χ2v) is 6.25. The molecular weight excluding hydrogens is 307 g/mol. The normalized spacial score (nSPS) is 15.6. The number of pyridine rings is 1. The van der Waals surface area contributed by atoms with Crippen LogP contribution in [0.4, 0.5) is 15.9 Å². The van der Waals surface area contributed by atoms with E-state index in [9.17, 15) is 9.18 Å². The summed E-state index contributed by atoms with van der Waals surface area (Å²) in [6, 6.07) is 9.22. The molecule has 3 heterocycles. The summed E-state index contributed by atoms with van der Waals surface area (Å²) in [7, 11) is 0. The molecule has 5 nitrogen and oxygen atoms in total. The van der Waals surface area contributed by atoms with Gasteiger partial charge in [-0.3, -0.25) is 14.7 Å². The fraction of sp³-hybridized carbons (Fsp3) is 0.167. The lowest BCUT2D eigenvalue weighted by Crippen LogP contribution is -2.33. The van der Waals surface area contributed by atoms with Crippen molar-refractivity contribution in [2.75, 3.05) is 4.90 Å². The summed E-state index contributed by atoms with van der Waals surface area (Å²) < 4.78 is 15.5. The van der Waals surface area contributed by atoms with E-state index in [2.05, 4.69) is 9.97 Å². The number of anilines is 2. The number of para-hydroxylation sites is 1. The molecule has 0 fully saturated rings. The Hall–Kier alpha value is -3.02. The first kappa shape index (κ1) is 14.6. The lowest BCUT2D eigenvalue weighted by atomic mass is 9.86. The Morgan fingerprint density at radius 1 is 1.12 bits per heavy atom. The second-order valence-electron chi connectivity index (χ2n) is 6.25. The Balaban J connectivity index is 1.81. The van der Waals surface area contributed by atoms with E-state index in [0.717, 1.165) is 17.4 Å². The molecule has 4 rings (SSSR count). The third-order valence-electron chi connectivity index (χ3n) is 4.38. The molecule has 0 spiro atoms. The molecule has 2 aromatic heterocycles. The van der Waals surface area contributed by atoms with Crippen LogP contribution in [0.3, 0.4) is 0 Å². The van der Waals surface area contributed by atoms with Crippen LogP contribution in [0.15, 0.2) is 55.2 Å². The van der Waals surface area contributed by atoms with Gasteiger partial charge < -0.3 is 4.57 Å². The van der Waals surface area contributed by atoms with Gasteiger partial charge in [-0.1, -0.05) is 18.2 Å². The maximum Gasteiger partial charge on any atom is 0.242 e. The molecule has 0 saturated carbocycles. The molecule has 0 radical (unpaired) electrons. The van der Waals surface area contributed by atoms with Crippen LogP contribution in [-0.4, -0.2) is 20.4 Å². The molecule has 0 saturated heterocycles. The summed E-state index contributed by atoms with van der Waals surface area (Å²) in [5.41, 5.74) is 1.48. The summed E-state index contributed by atoms with van der Waals surface area (Å²) in [4.78, 5) is 22.5. The topological polar surface area (TPSA) is 51.0 Å². The monoisotopic (exact) mass is 322 g/mol. The van der Waals surface area contributed by atoms with Gasteiger partial charge in [-0.25, -0.2) is 9.37 Å². The molecule has 24 heavy (non-hydrogen) atoms. The molecule has 120 valence electrons. The van der Waals surface area contributed by atoms with Gasteiger partial charge >= 0.3 is 0 Å². The quantitative estimate of drug-likeness (QED) is 0.727. The number of rotatable bonds is 2. The van der Waals surface area contributed by atoms with Crippen molar-refractivity contribution in [3.63, 3.8) is 0 Å². The van der Waals surface area contributed by atoms with Gasteiger partial charge in [0, 0.05) is 6.20 Å². The van der Waals surface area contributed by atoms with Gasteiger partial charge in [0.25, 0.3) is 0 Å². The number of benzene rings is 1. The number of carbonyl (C=O) groups is 1. The van der Waals surface area contributed by atoms with Gasteiger partial charge in [-0.05, 0) is 31.5 Å². The molecule has 6 heteroatoms. The van der Waals surface area contributed by atoms with Crippen molar-refractivity contribution in [3.05, 3.63) is 66.6 Å². The number of aromatic nitrogens is 3. The molecule has 1 aliphatic rings. The molecular formula is C18H15FN4O. The molecule has 0 N–H and O–H groups in total. The van der Waals surface area contributed by atoms with Crippen LogP contribution in [-0.2, 0) is 10.2 Å². The van der Waals surface area contributed by atoms with E-state index < -0.39 is 11.2 Å². The van der Waals surface area contributed by atoms with E-state index in [0.29, 0.717) is 11.5 Å². The van der Waals surface area contributed by atoms with Gasteiger partial charge in [-0.15, -0.1) is 0 Å². The number of imidazole rings is 1. The molecule has 0 bridgehead atoms. The molecule has 0 unspecified atom stereocenters. The van der Waals surface area contributed by atoms with Crippen LogP contribution in [0.5, 0.6) is 0 Å². The third-order valence-corrected chi connectivity index (χ3v) is 4.38. The summed E-state index contributed by atoms with van der Waals surface area (Å²) in [5, 5.41) is 0. The average Bonchev–Trinajstić information content (AvgIpc) is 3.11. The lowest BCUT2D eigenvalue weighted by molar-refractivity contribution is -0.121. The predicted octanol–water partition coefficient (Wildman–Crippen LogP) is 3.36. The number of hydrogen-bond donors (Lipinski definition) is 0. The van der Waals surface area contributed by atoms with Crippen molar-refractivity contribution in [3.8, 4) is 5.69 Å². The molecule has 3 aromatic rings. The highest BCUT2D eigenvalue weighted by molar-refractivity contribution is 6.11. The maximum absolute atomic E-state index is 13.9. The minimum absolute atomic E-state index is 0.0517. The van der Waals surface area contributed by atoms with Crippen molar-refractivity contribution in [1.29, 1.82) is 0 Å². The number of fused-ring (bicyclic) bond motifs is 1. The highest BCUT2D eigenvalue weighted by atomic mass is 19.1. The predicted molar refractivity (Wildman–Crippen MR) is 87.9 cm³/mol. The van der Waals surface area contributed by atoms with Crippen LogP contribution in [0.1, 0.15) is 19.4 Å². The first-order valence-corrected chi connectivity index (χ1v) is 7.58. The van der Waals surface area contributed by atoms with Crippen LogP contribution in [0.2, 0.25) is 0 Å². The number of halogens is 1. The zero-order valence-corrected chi connectivity index (χ0v) is 13.3. The Morgan fingerprint density at radius 3 is 2.71 bits per heavy atom. The first-order chi connectivity index (χ1) is 11.5. The van der Waals surface area contributed by atoms with E-state index in [1.54, 1.807) is 21.7 Å². The van der Waals surface area contributed by atoms with Crippen molar-refractivity contribution >= 4 is 17.4 Å². The Morgan fingerprint density at radius 2 is 1.92 bits per heavy atom. The van der Waals surface area contributed by atoms with Crippen LogP contribution < -0.4 is 4.90 Å². The molecule has 1 aromatic carbocycles. The zero-order chi connectivity index (χ0) is 16.9. The fourth-order valence-corrected chi connectivity index (χ4v) is 3.07.